The molecule has 1 aliphatic rings. The van der Waals surface area contributed by atoms with Gasteiger partial charge in [-0.1, -0.05) is 42.5 Å². The molecule has 0 aromatic heterocycles. The van der Waals surface area contributed by atoms with E-state index in [0.29, 0.717) is 25.1 Å². The first-order valence-electron chi connectivity index (χ1n) is 8.02. The van der Waals surface area contributed by atoms with Crippen LogP contribution in [0, 0.1) is 5.82 Å². The molecule has 0 aliphatic carbocycles. The van der Waals surface area contributed by atoms with E-state index in [1.165, 1.54) is 11.6 Å². The summed E-state index contributed by atoms with van der Waals surface area (Å²) in [6, 6.07) is 14.4. The van der Waals surface area contributed by atoms with E-state index in [0.717, 1.165) is 12.0 Å². The Morgan fingerprint density at radius 1 is 1.04 bits per heavy atom. The van der Waals surface area contributed by atoms with Crippen LogP contribution >= 0.6 is 0 Å². The monoisotopic (exact) mass is 326 g/mol. The van der Waals surface area contributed by atoms with Crippen LogP contribution in [0.2, 0.25) is 0 Å². The zero-order valence-corrected chi connectivity index (χ0v) is 13.3. The Hall–Kier alpha value is -2.69. The number of benzene rings is 2. The summed E-state index contributed by atoms with van der Waals surface area (Å²) in [6.45, 7) is 1.22. The Labute approximate surface area is 140 Å². The number of rotatable bonds is 3. The first-order chi connectivity index (χ1) is 11.6. The molecular formula is C19H19FN2O2. The van der Waals surface area contributed by atoms with Gasteiger partial charge in [-0.25, -0.2) is 4.39 Å². The summed E-state index contributed by atoms with van der Waals surface area (Å²) in [5, 5.41) is 2.58. The quantitative estimate of drug-likeness (QED) is 0.878. The van der Waals surface area contributed by atoms with Crippen molar-refractivity contribution in [2.24, 2.45) is 0 Å². The number of carbonyl (C=O) groups excluding carboxylic acids is 2. The average Bonchev–Trinajstić information content (AvgIpc) is 2.62. The van der Waals surface area contributed by atoms with Crippen LogP contribution in [-0.4, -0.2) is 29.8 Å². The minimum atomic E-state index is -0.634. The molecule has 1 aliphatic heterocycles. The van der Waals surface area contributed by atoms with Crippen LogP contribution in [0.25, 0.3) is 0 Å². The molecule has 0 radical (unpaired) electrons. The second-order valence-corrected chi connectivity index (χ2v) is 5.84. The van der Waals surface area contributed by atoms with Crippen LogP contribution in [0.1, 0.15) is 16.7 Å². The molecule has 24 heavy (non-hydrogen) atoms. The SMILES string of the molecule is O=C(NCCc1ccccc1F)C(=O)N1CCc2ccccc2C1. The van der Waals surface area contributed by atoms with E-state index >= 15 is 0 Å². The molecule has 0 bridgehead atoms. The lowest BCUT2D eigenvalue weighted by atomic mass is 10.00. The van der Waals surface area contributed by atoms with Crippen LogP contribution < -0.4 is 5.32 Å². The van der Waals surface area contributed by atoms with Crippen molar-refractivity contribution in [2.75, 3.05) is 13.1 Å². The summed E-state index contributed by atoms with van der Waals surface area (Å²) < 4.78 is 13.5. The molecule has 2 amide bonds. The van der Waals surface area contributed by atoms with E-state index in [2.05, 4.69) is 5.32 Å². The summed E-state index contributed by atoms with van der Waals surface area (Å²) in [5.41, 5.74) is 2.83. The summed E-state index contributed by atoms with van der Waals surface area (Å²) in [7, 11) is 0. The lowest BCUT2D eigenvalue weighted by Gasteiger charge is -2.28. The van der Waals surface area contributed by atoms with Gasteiger partial charge in [0.1, 0.15) is 5.82 Å². The van der Waals surface area contributed by atoms with Gasteiger partial charge in [-0.3, -0.25) is 9.59 Å². The number of hydrogen-bond acceptors (Lipinski definition) is 2. The number of carbonyl (C=O) groups is 2. The fraction of sp³-hybridized carbons (Fsp3) is 0.263. The van der Waals surface area contributed by atoms with Gasteiger partial charge >= 0.3 is 11.8 Å². The highest BCUT2D eigenvalue weighted by Crippen LogP contribution is 2.18. The van der Waals surface area contributed by atoms with Crippen molar-refractivity contribution in [3.63, 3.8) is 0 Å². The molecule has 0 saturated carbocycles. The lowest BCUT2D eigenvalue weighted by molar-refractivity contribution is -0.146. The Morgan fingerprint density at radius 3 is 2.54 bits per heavy atom. The fourth-order valence-corrected chi connectivity index (χ4v) is 2.90. The molecule has 2 aromatic carbocycles. The van der Waals surface area contributed by atoms with Crippen molar-refractivity contribution in [3.8, 4) is 0 Å². The molecule has 1 N–H and O–H groups in total. The largest absolute Gasteiger partial charge is 0.347 e. The van der Waals surface area contributed by atoms with Crippen molar-refractivity contribution >= 4 is 11.8 Å². The van der Waals surface area contributed by atoms with Gasteiger partial charge in [-0.15, -0.1) is 0 Å². The van der Waals surface area contributed by atoms with Crippen LogP contribution in [-0.2, 0) is 29.0 Å². The van der Waals surface area contributed by atoms with E-state index < -0.39 is 11.8 Å². The predicted molar refractivity (Wildman–Crippen MR) is 88.7 cm³/mol. The van der Waals surface area contributed by atoms with Gasteiger partial charge in [-0.05, 0) is 35.6 Å². The maximum Gasteiger partial charge on any atom is 0.312 e. The summed E-state index contributed by atoms with van der Waals surface area (Å²) >= 11 is 0. The van der Waals surface area contributed by atoms with Crippen LogP contribution in [0.4, 0.5) is 4.39 Å². The summed E-state index contributed by atoms with van der Waals surface area (Å²) in [6.07, 6.45) is 1.11. The molecule has 124 valence electrons. The maximum absolute atomic E-state index is 13.5. The first kappa shape index (κ1) is 16.2. The Bertz CT molecular complexity index is 761. The molecule has 2 aromatic rings. The van der Waals surface area contributed by atoms with Crippen molar-refractivity contribution in [2.45, 2.75) is 19.4 Å². The van der Waals surface area contributed by atoms with Crippen molar-refractivity contribution in [1.29, 1.82) is 0 Å². The third-order valence-electron chi connectivity index (χ3n) is 4.25. The van der Waals surface area contributed by atoms with Crippen molar-refractivity contribution in [3.05, 3.63) is 71.0 Å². The molecular weight excluding hydrogens is 307 g/mol. The molecule has 0 saturated heterocycles. The third-order valence-corrected chi connectivity index (χ3v) is 4.25. The molecule has 0 atom stereocenters. The van der Waals surface area contributed by atoms with Gasteiger partial charge in [-0.2, -0.15) is 0 Å². The number of hydrogen-bond donors (Lipinski definition) is 1. The molecule has 0 fully saturated rings. The van der Waals surface area contributed by atoms with Crippen LogP contribution in [0.5, 0.6) is 0 Å². The Morgan fingerprint density at radius 2 is 1.75 bits per heavy atom. The average molecular weight is 326 g/mol. The second kappa shape index (κ2) is 7.25. The van der Waals surface area contributed by atoms with Gasteiger partial charge in [0.2, 0.25) is 0 Å². The number of nitrogens with zero attached hydrogens (tertiary/aromatic N) is 1. The molecule has 4 nitrogen and oxygen atoms in total. The van der Waals surface area contributed by atoms with Gasteiger partial charge in [0.25, 0.3) is 0 Å². The number of amides is 2. The van der Waals surface area contributed by atoms with Crippen molar-refractivity contribution < 1.29 is 14.0 Å². The molecule has 0 unspecified atom stereocenters. The zero-order valence-electron chi connectivity index (χ0n) is 13.3. The highest BCUT2D eigenvalue weighted by atomic mass is 19.1. The Kier molecular flexibility index (Phi) is 4.89. The molecule has 0 spiro atoms. The summed E-state index contributed by atoms with van der Waals surface area (Å²) in [4.78, 5) is 25.8. The predicted octanol–water partition coefficient (Wildman–Crippen LogP) is 2.07. The van der Waals surface area contributed by atoms with E-state index in [1.54, 1.807) is 23.1 Å². The fourth-order valence-electron chi connectivity index (χ4n) is 2.90. The van der Waals surface area contributed by atoms with Gasteiger partial charge in [0, 0.05) is 19.6 Å². The molecule has 3 rings (SSSR count). The van der Waals surface area contributed by atoms with E-state index in [1.807, 2.05) is 24.3 Å². The van der Waals surface area contributed by atoms with E-state index in [4.69, 9.17) is 0 Å². The Balaban J connectivity index is 1.52. The number of fused-ring (bicyclic) bond motifs is 1. The number of halogens is 1. The third kappa shape index (κ3) is 3.62. The topological polar surface area (TPSA) is 49.4 Å². The normalized spacial score (nSPS) is 13.3. The minimum Gasteiger partial charge on any atom is -0.347 e. The second-order valence-electron chi connectivity index (χ2n) is 5.84. The highest BCUT2D eigenvalue weighted by Gasteiger charge is 2.25. The zero-order chi connectivity index (χ0) is 16.9. The smallest absolute Gasteiger partial charge is 0.312 e. The molecule has 5 heteroatoms. The van der Waals surface area contributed by atoms with Crippen molar-refractivity contribution in [1.82, 2.24) is 10.2 Å². The van der Waals surface area contributed by atoms with Gasteiger partial charge in [0.15, 0.2) is 0 Å². The van der Waals surface area contributed by atoms with E-state index in [9.17, 15) is 14.0 Å². The van der Waals surface area contributed by atoms with Gasteiger partial charge in [0.05, 0.1) is 0 Å². The van der Waals surface area contributed by atoms with E-state index in [-0.39, 0.29) is 12.4 Å². The minimum absolute atomic E-state index is 0.232. The molecule has 1 heterocycles. The lowest BCUT2D eigenvalue weighted by Crippen LogP contribution is -2.45. The highest BCUT2D eigenvalue weighted by molar-refractivity contribution is 6.35. The van der Waals surface area contributed by atoms with Crippen LogP contribution in [0.3, 0.4) is 0 Å². The first-order valence-corrected chi connectivity index (χ1v) is 8.02. The summed E-state index contributed by atoms with van der Waals surface area (Å²) in [5.74, 6) is -1.46. The standard InChI is InChI=1S/C19H19FN2O2/c20-17-8-4-3-6-15(17)9-11-21-18(23)19(24)22-12-10-14-5-1-2-7-16(14)13-22/h1-8H,9-13H2,(H,21,23). The maximum atomic E-state index is 13.5. The van der Waals surface area contributed by atoms with Crippen LogP contribution in [0.15, 0.2) is 48.5 Å². The van der Waals surface area contributed by atoms with Gasteiger partial charge < -0.3 is 10.2 Å². The number of nitrogens with one attached hydrogen (secondary N) is 1.